The number of imide groups is 1. The molecule has 2 aliphatic rings. The summed E-state index contributed by atoms with van der Waals surface area (Å²) in [6.07, 6.45) is 5.10. The number of esters is 1. The summed E-state index contributed by atoms with van der Waals surface area (Å²) in [5, 5.41) is 14.7. The minimum Gasteiger partial charge on any atom is -0.454 e. The van der Waals surface area contributed by atoms with Crippen molar-refractivity contribution in [2.24, 2.45) is 5.92 Å². The van der Waals surface area contributed by atoms with E-state index in [0.717, 1.165) is 30.6 Å². The van der Waals surface area contributed by atoms with Crippen molar-refractivity contribution in [1.29, 1.82) is 5.26 Å². The Hall–Kier alpha value is -2.63. The molecule has 0 bridgehead atoms. The molecule has 0 spiro atoms. The smallest absolute Gasteiger partial charge is 0.326 e. The summed E-state index contributed by atoms with van der Waals surface area (Å²) < 4.78 is 4.93. The van der Waals surface area contributed by atoms with Crippen LogP contribution in [0.1, 0.15) is 65.7 Å². The standard InChI is InChI=1S/C20H30N4O5/c1-14(2)7-10-19(3)17(27)24(18(28)23-19)11-16(26)29-12-15(25)22-20(13-21)8-5-4-6-9-20/h14H,4-12H2,1-3H3,(H,22,25)(H,23,28)/t19-/m0/s1. The first-order valence-electron chi connectivity index (χ1n) is 10.1. The van der Waals surface area contributed by atoms with E-state index in [0.29, 0.717) is 25.2 Å². The zero-order chi connectivity index (χ0) is 21.7. The normalized spacial score (nSPS) is 23.5. The maximum absolute atomic E-state index is 12.6. The minimum atomic E-state index is -1.04. The number of carbonyl (C=O) groups is 4. The summed E-state index contributed by atoms with van der Waals surface area (Å²) in [6.45, 7) is 4.57. The fraction of sp³-hybridized carbons (Fsp3) is 0.750. The van der Waals surface area contributed by atoms with Crippen LogP contribution in [0.15, 0.2) is 0 Å². The van der Waals surface area contributed by atoms with E-state index in [9.17, 15) is 24.4 Å². The molecule has 160 valence electrons. The van der Waals surface area contributed by atoms with Gasteiger partial charge in [-0.1, -0.05) is 33.1 Å². The third-order valence-electron chi connectivity index (χ3n) is 5.52. The lowest BCUT2D eigenvalue weighted by molar-refractivity contribution is -0.151. The molecule has 1 aliphatic carbocycles. The fourth-order valence-corrected chi connectivity index (χ4v) is 3.68. The van der Waals surface area contributed by atoms with Crippen LogP contribution in [0.4, 0.5) is 4.79 Å². The maximum atomic E-state index is 12.6. The van der Waals surface area contributed by atoms with Crippen molar-refractivity contribution in [3.8, 4) is 6.07 Å². The second-order valence-corrected chi connectivity index (χ2v) is 8.55. The van der Waals surface area contributed by atoms with Crippen molar-refractivity contribution in [3.05, 3.63) is 0 Å². The molecule has 4 amide bonds. The molecule has 0 unspecified atom stereocenters. The largest absolute Gasteiger partial charge is 0.454 e. The average molecular weight is 406 g/mol. The van der Waals surface area contributed by atoms with Gasteiger partial charge in [-0.05, 0) is 38.5 Å². The Morgan fingerprint density at radius 2 is 1.93 bits per heavy atom. The van der Waals surface area contributed by atoms with E-state index < -0.39 is 48.0 Å². The molecule has 1 heterocycles. The van der Waals surface area contributed by atoms with Crippen LogP contribution in [0.25, 0.3) is 0 Å². The van der Waals surface area contributed by atoms with Gasteiger partial charge in [0.25, 0.3) is 11.8 Å². The van der Waals surface area contributed by atoms with Gasteiger partial charge in [0.15, 0.2) is 6.61 Å². The van der Waals surface area contributed by atoms with E-state index in [-0.39, 0.29) is 0 Å². The summed E-state index contributed by atoms with van der Waals surface area (Å²) in [4.78, 5) is 49.7. The summed E-state index contributed by atoms with van der Waals surface area (Å²) in [5.41, 5.74) is -1.95. The van der Waals surface area contributed by atoms with E-state index in [1.54, 1.807) is 6.92 Å². The van der Waals surface area contributed by atoms with Crippen LogP contribution < -0.4 is 10.6 Å². The van der Waals surface area contributed by atoms with E-state index in [1.807, 2.05) is 13.8 Å². The van der Waals surface area contributed by atoms with Crippen molar-refractivity contribution in [1.82, 2.24) is 15.5 Å². The number of ether oxygens (including phenoxy) is 1. The van der Waals surface area contributed by atoms with Gasteiger partial charge in [0.1, 0.15) is 17.6 Å². The highest BCUT2D eigenvalue weighted by atomic mass is 16.5. The van der Waals surface area contributed by atoms with Crippen molar-refractivity contribution in [3.63, 3.8) is 0 Å². The van der Waals surface area contributed by atoms with Gasteiger partial charge in [-0.15, -0.1) is 0 Å². The summed E-state index contributed by atoms with van der Waals surface area (Å²) >= 11 is 0. The fourth-order valence-electron chi connectivity index (χ4n) is 3.68. The molecule has 9 heteroatoms. The van der Waals surface area contributed by atoms with E-state index in [1.165, 1.54) is 0 Å². The summed E-state index contributed by atoms with van der Waals surface area (Å²) in [5.74, 6) is -1.53. The molecule has 1 saturated heterocycles. The van der Waals surface area contributed by atoms with Gasteiger partial charge in [-0.25, -0.2) is 4.79 Å². The second-order valence-electron chi connectivity index (χ2n) is 8.55. The van der Waals surface area contributed by atoms with Gasteiger partial charge in [0, 0.05) is 0 Å². The first-order chi connectivity index (χ1) is 13.6. The molecule has 0 aromatic rings. The first kappa shape index (κ1) is 22.7. The number of amides is 4. The molecule has 0 aromatic heterocycles. The number of hydrogen-bond donors (Lipinski definition) is 2. The Morgan fingerprint density at radius 3 is 2.52 bits per heavy atom. The number of nitrogens with zero attached hydrogens (tertiary/aromatic N) is 2. The van der Waals surface area contributed by atoms with Crippen LogP contribution in [-0.2, 0) is 19.1 Å². The van der Waals surface area contributed by atoms with Crippen LogP contribution in [0.3, 0.4) is 0 Å². The van der Waals surface area contributed by atoms with Gasteiger partial charge >= 0.3 is 12.0 Å². The lowest BCUT2D eigenvalue weighted by Crippen LogP contribution is -2.50. The van der Waals surface area contributed by atoms with Crippen LogP contribution in [0, 0.1) is 17.2 Å². The van der Waals surface area contributed by atoms with Crippen LogP contribution in [0.5, 0.6) is 0 Å². The van der Waals surface area contributed by atoms with Gasteiger partial charge in [0.05, 0.1) is 6.07 Å². The van der Waals surface area contributed by atoms with Crippen LogP contribution in [0.2, 0.25) is 0 Å². The highest BCUT2D eigenvalue weighted by molar-refractivity contribution is 6.08. The number of hydrogen-bond acceptors (Lipinski definition) is 6. The van der Waals surface area contributed by atoms with Crippen molar-refractivity contribution >= 4 is 23.8 Å². The molecule has 2 rings (SSSR count). The molecule has 9 nitrogen and oxygen atoms in total. The van der Waals surface area contributed by atoms with Gasteiger partial charge in [-0.2, -0.15) is 5.26 Å². The van der Waals surface area contributed by atoms with Gasteiger partial charge < -0.3 is 15.4 Å². The lowest BCUT2D eigenvalue weighted by atomic mass is 9.83. The molecular weight excluding hydrogens is 376 g/mol. The third-order valence-corrected chi connectivity index (χ3v) is 5.52. The number of carbonyl (C=O) groups excluding carboxylic acids is 4. The molecular formula is C20H30N4O5. The highest BCUT2D eigenvalue weighted by Gasteiger charge is 2.48. The van der Waals surface area contributed by atoms with E-state index in [2.05, 4.69) is 16.7 Å². The maximum Gasteiger partial charge on any atom is 0.326 e. The first-order valence-corrected chi connectivity index (χ1v) is 10.1. The molecule has 1 aliphatic heterocycles. The zero-order valence-corrected chi connectivity index (χ0v) is 17.4. The van der Waals surface area contributed by atoms with Crippen LogP contribution >= 0.6 is 0 Å². The Balaban J connectivity index is 1.84. The third kappa shape index (κ3) is 5.68. The molecule has 1 saturated carbocycles. The van der Waals surface area contributed by atoms with Gasteiger partial charge in [0.2, 0.25) is 0 Å². The monoisotopic (exact) mass is 406 g/mol. The SMILES string of the molecule is CC(C)CC[C@]1(C)NC(=O)N(CC(=O)OCC(=O)NC2(C#N)CCCCC2)C1=O. The predicted molar refractivity (Wildman–Crippen MR) is 103 cm³/mol. The number of nitrogens with one attached hydrogen (secondary N) is 2. The quantitative estimate of drug-likeness (QED) is 0.465. The van der Waals surface area contributed by atoms with Crippen molar-refractivity contribution < 1.29 is 23.9 Å². The topological polar surface area (TPSA) is 129 Å². The Morgan fingerprint density at radius 1 is 1.28 bits per heavy atom. The molecule has 29 heavy (non-hydrogen) atoms. The van der Waals surface area contributed by atoms with Crippen molar-refractivity contribution in [2.75, 3.05) is 13.2 Å². The average Bonchev–Trinajstić information content (AvgIpc) is 2.89. The zero-order valence-electron chi connectivity index (χ0n) is 17.4. The summed E-state index contributed by atoms with van der Waals surface area (Å²) in [6, 6.07) is 1.51. The van der Waals surface area contributed by atoms with Crippen molar-refractivity contribution in [2.45, 2.75) is 76.8 Å². The second kappa shape index (κ2) is 9.25. The molecule has 0 aromatic carbocycles. The van der Waals surface area contributed by atoms with Gasteiger partial charge in [-0.3, -0.25) is 19.3 Å². The lowest BCUT2D eigenvalue weighted by Gasteiger charge is -2.31. The molecule has 1 atom stereocenters. The molecule has 0 radical (unpaired) electrons. The predicted octanol–water partition coefficient (Wildman–Crippen LogP) is 1.62. The summed E-state index contributed by atoms with van der Waals surface area (Å²) in [7, 11) is 0. The molecule has 2 N–H and O–H groups in total. The number of urea groups is 1. The Labute approximate surface area is 171 Å². The Bertz CT molecular complexity index is 708. The number of nitriles is 1. The van der Waals surface area contributed by atoms with Crippen LogP contribution in [-0.4, -0.2) is 52.9 Å². The highest BCUT2D eigenvalue weighted by Crippen LogP contribution is 2.27. The van der Waals surface area contributed by atoms with E-state index in [4.69, 9.17) is 4.74 Å². The Kier molecular flexibility index (Phi) is 7.22. The molecule has 2 fully saturated rings. The minimum absolute atomic E-state index is 0.370. The number of rotatable bonds is 8. The van der Waals surface area contributed by atoms with E-state index >= 15 is 0 Å².